The van der Waals surface area contributed by atoms with Crippen LogP contribution in [0, 0.1) is 17.8 Å². The van der Waals surface area contributed by atoms with E-state index >= 15 is 0 Å². The molecule has 0 bridgehead atoms. The van der Waals surface area contributed by atoms with Crippen molar-refractivity contribution in [2.75, 3.05) is 27.2 Å². The van der Waals surface area contributed by atoms with Crippen LogP contribution >= 0.6 is 0 Å². The molecule has 2 fully saturated rings. The molecule has 7 atom stereocenters. The zero-order valence-electron chi connectivity index (χ0n) is 38.7. The lowest BCUT2D eigenvalue weighted by molar-refractivity contribution is -0.158. The molecule has 3 rings (SSSR count). The molecule has 63 heavy (non-hydrogen) atoms. The average molecular weight is 887 g/mol. The number of carboxylic acid groups (broad SMARTS) is 1. The van der Waals surface area contributed by atoms with Crippen molar-refractivity contribution in [1.29, 1.82) is 0 Å². The normalized spacial score (nSPS) is 24.8. The Morgan fingerprint density at radius 2 is 1.57 bits per heavy atom. The van der Waals surface area contributed by atoms with Gasteiger partial charge >= 0.3 is 12.1 Å². The van der Waals surface area contributed by atoms with Crippen LogP contribution < -0.4 is 26.6 Å². The quantitative estimate of drug-likeness (QED) is 0.0959. The molecule has 0 spiro atoms. The van der Waals surface area contributed by atoms with E-state index in [1.54, 1.807) is 21.0 Å². The SMILES string of the molecule is COC(C)(C)CCCCCC[C@H]1OC(=O)CNC(=O)[C@H]([C@H](C)OCc2ccccc2)NC(=O)[C@H](CNC(=O)O)NC(=O)[C@H](C2CCCCC2)NC(=O)[C@H](CC(C)C)N(C)C(=O)[C@@H]1C. The van der Waals surface area contributed by atoms with Crippen LogP contribution in [0.3, 0.4) is 0 Å². The predicted octanol–water partition coefficient (Wildman–Crippen LogP) is 4.21. The molecule has 6 N–H and O–H groups in total. The number of carbonyl (C=O) groups excluding carboxylic acids is 6. The minimum atomic E-state index is -1.54. The summed E-state index contributed by atoms with van der Waals surface area (Å²) in [5.74, 6) is -5.50. The third kappa shape index (κ3) is 17.7. The molecule has 0 aromatic heterocycles. The van der Waals surface area contributed by atoms with Gasteiger partial charge < -0.3 is 50.8 Å². The Kier molecular flexibility index (Phi) is 21.8. The first-order valence-electron chi connectivity index (χ1n) is 22.7. The monoisotopic (exact) mass is 887 g/mol. The van der Waals surface area contributed by atoms with Gasteiger partial charge in [0.05, 0.1) is 30.8 Å². The Balaban J connectivity index is 2.04. The minimum Gasteiger partial charge on any atom is -0.465 e. The van der Waals surface area contributed by atoms with Crippen molar-refractivity contribution in [3.05, 3.63) is 35.9 Å². The molecule has 1 saturated carbocycles. The summed E-state index contributed by atoms with van der Waals surface area (Å²) in [5.41, 5.74) is 0.537. The number of cyclic esters (lactones) is 1. The van der Waals surface area contributed by atoms with Crippen LogP contribution in [0.2, 0.25) is 0 Å². The fourth-order valence-electron chi connectivity index (χ4n) is 8.09. The summed E-state index contributed by atoms with van der Waals surface area (Å²) in [4.78, 5) is 97.8. The van der Waals surface area contributed by atoms with Crippen LogP contribution in [0.15, 0.2) is 30.3 Å². The molecule has 17 nitrogen and oxygen atoms in total. The van der Waals surface area contributed by atoms with E-state index in [9.17, 15) is 38.7 Å². The van der Waals surface area contributed by atoms with Gasteiger partial charge in [0.1, 0.15) is 36.8 Å². The third-order valence-corrected chi connectivity index (χ3v) is 12.2. The highest BCUT2D eigenvalue weighted by molar-refractivity contribution is 5.96. The molecule has 17 heteroatoms. The van der Waals surface area contributed by atoms with Crippen LogP contribution in [-0.2, 0) is 49.6 Å². The Bertz CT molecular complexity index is 1650. The van der Waals surface area contributed by atoms with Crippen molar-refractivity contribution in [2.24, 2.45) is 17.8 Å². The Morgan fingerprint density at radius 1 is 0.905 bits per heavy atom. The molecule has 1 aliphatic heterocycles. The maximum absolute atomic E-state index is 14.4. The summed E-state index contributed by atoms with van der Waals surface area (Å²) in [6.07, 6.45) is 5.13. The molecule has 1 aromatic rings. The lowest BCUT2D eigenvalue weighted by Gasteiger charge is -2.36. The fraction of sp³-hybridized carbons (Fsp3) is 0.717. The summed E-state index contributed by atoms with van der Waals surface area (Å²) in [5, 5.41) is 22.4. The van der Waals surface area contributed by atoms with Gasteiger partial charge in [-0.05, 0) is 76.7 Å². The number of esters is 1. The van der Waals surface area contributed by atoms with Crippen molar-refractivity contribution in [3.63, 3.8) is 0 Å². The second-order valence-corrected chi connectivity index (χ2v) is 18.2. The summed E-state index contributed by atoms with van der Waals surface area (Å²) < 4.78 is 17.5. The van der Waals surface area contributed by atoms with Crippen molar-refractivity contribution in [2.45, 2.75) is 167 Å². The van der Waals surface area contributed by atoms with Crippen molar-refractivity contribution >= 4 is 41.6 Å². The van der Waals surface area contributed by atoms with Crippen molar-refractivity contribution in [3.8, 4) is 0 Å². The molecule has 1 saturated heterocycles. The molecule has 2 aliphatic rings. The highest BCUT2D eigenvalue weighted by atomic mass is 16.5. The van der Waals surface area contributed by atoms with E-state index in [4.69, 9.17) is 14.2 Å². The van der Waals surface area contributed by atoms with Crippen LogP contribution in [-0.4, -0.2) is 121 Å². The van der Waals surface area contributed by atoms with Gasteiger partial charge in [0, 0.05) is 14.2 Å². The zero-order chi connectivity index (χ0) is 46.7. The standard InChI is InChI=1S/C46H74N6O11/c1-29(2)25-35-41(55)51-39(33-21-15-12-16-22-33)43(57)49-34(26-48-45(59)60)40(54)50-38(31(4)62-28-32-19-13-11-14-20-32)42(56)47-27-37(53)63-36(30(3)44(58)52(35)7)23-17-9-10-18-24-46(5,6)61-8/h11,13-14,19-20,29-31,33-36,38-39,48H,9-10,12,15-18,21-28H2,1-8H3,(H,47,56)(H,49,57)(H,50,54)(H,51,55)(H,59,60)/t30-,31+,34+,35+,36-,38+,39+/m1/s1. The zero-order valence-corrected chi connectivity index (χ0v) is 38.7. The van der Waals surface area contributed by atoms with Gasteiger partial charge in [-0.25, -0.2) is 4.79 Å². The van der Waals surface area contributed by atoms with Gasteiger partial charge in [-0.1, -0.05) is 89.6 Å². The number of amides is 6. The highest BCUT2D eigenvalue weighted by Crippen LogP contribution is 2.28. The second-order valence-electron chi connectivity index (χ2n) is 18.2. The average Bonchev–Trinajstić information content (AvgIpc) is 3.26. The fourth-order valence-corrected chi connectivity index (χ4v) is 8.09. The first-order chi connectivity index (χ1) is 29.8. The summed E-state index contributed by atoms with van der Waals surface area (Å²) in [7, 11) is 3.21. The Labute approximate surface area is 373 Å². The molecule has 0 unspecified atom stereocenters. The van der Waals surface area contributed by atoms with E-state index in [1.807, 2.05) is 58.0 Å². The van der Waals surface area contributed by atoms with Crippen LogP contribution in [0.25, 0.3) is 0 Å². The molecule has 6 amide bonds. The van der Waals surface area contributed by atoms with Gasteiger partial charge in [-0.3, -0.25) is 28.8 Å². The minimum absolute atomic E-state index is 0.0441. The molecular weight excluding hydrogens is 813 g/mol. The van der Waals surface area contributed by atoms with E-state index in [2.05, 4.69) is 26.6 Å². The number of hydrogen-bond acceptors (Lipinski definition) is 10. The van der Waals surface area contributed by atoms with Crippen molar-refractivity contribution < 1.29 is 52.9 Å². The first kappa shape index (κ1) is 52.6. The maximum atomic E-state index is 14.4. The lowest BCUT2D eigenvalue weighted by Crippen LogP contribution is -2.63. The van der Waals surface area contributed by atoms with E-state index in [0.717, 1.165) is 50.5 Å². The summed E-state index contributed by atoms with van der Waals surface area (Å²) >= 11 is 0. The number of likely N-dealkylation sites (N-methyl/N-ethyl adjacent to an activating group) is 1. The number of hydrogen-bond donors (Lipinski definition) is 6. The van der Waals surface area contributed by atoms with Crippen LogP contribution in [0.1, 0.15) is 124 Å². The molecule has 354 valence electrons. The number of nitrogens with one attached hydrogen (secondary N) is 5. The van der Waals surface area contributed by atoms with Crippen molar-refractivity contribution in [1.82, 2.24) is 31.5 Å². The highest BCUT2D eigenvalue weighted by Gasteiger charge is 2.40. The van der Waals surface area contributed by atoms with E-state index in [0.29, 0.717) is 25.7 Å². The van der Waals surface area contributed by atoms with Crippen LogP contribution in [0.4, 0.5) is 4.79 Å². The first-order valence-corrected chi connectivity index (χ1v) is 22.7. The molecule has 1 aromatic carbocycles. The largest absolute Gasteiger partial charge is 0.465 e. The summed E-state index contributed by atoms with van der Waals surface area (Å²) in [6.45, 7) is 9.99. The number of nitrogens with zero attached hydrogens (tertiary/aromatic N) is 1. The van der Waals surface area contributed by atoms with E-state index < -0.39 is 97.0 Å². The predicted molar refractivity (Wildman–Crippen MR) is 236 cm³/mol. The molecule has 0 radical (unpaired) electrons. The number of unbranched alkanes of at least 4 members (excludes halogenated alkanes) is 3. The summed E-state index contributed by atoms with van der Waals surface area (Å²) in [6, 6.07) is 4.02. The maximum Gasteiger partial charge on any atom is 0.404 e. The number of methoxy groups -OCH3 is 1. The molecule has 1 aliphatic carbocycles. The second kappa shape index (κ2) is 26.1. The number of rotatable bonds is 17. The van der Waals surface area contributed by atoms with Gasteiger partial charge in [0.25, 0.3) is 0 Å². The number of carbonyl (C=O) groups is 7. The Morgan fingerprint density at radius 3 is 2.21 bits per heavy atom. The van der Waals surface area contributed by atoms with Gasteiger partial charge in [0.15, 0.2) is 0 Å². The van der Waals surface area contributed by atoms with Gasteiger partial charge in [-0.2, -0.15) is 0 Å². The van der Waals surface area contributed by atoms with E-state index in [1.165, 1.54) is 11.9 Å². The smallest absolute Gasteiger partial charge is 0.404 e. The number of ether oxygens (including phenoxy) is 3. The van der Waals surface area contributed by atoms with Gasteiger partial charge in [-0.15, -0.1) is 0 Å². The number of benzene rings is 1. The lowest BCUT2D eigenvalue weighted by atomic mass is 9.83. The van der Waals surface area contributed by atoms with Crippen LogP contribution in [0.5, 0.6) is 0 Å². The van der Waals surface area contributed by atoms with Gasteiger partial charge in [0.2, 0.25) is 29.5 Å². The molecular formula is C46H74N6O11. The van der Waals surface area contributed by atoms with E-state index in [-0.39, 0.29) is 30.5 Å². The Hall–Kier alpha value is -4.77. The molecule has 1 heterocycles. The third-order valence-electron chi connectivity index (χ3n) is 12.2. The topological polar surface area (TPSA) is 231 Å².